The Kier molecular flexibility index (Phi) is 25.8. The van der Waals surface area contributed by atoms with E-state index < -0.39 is 60.1 Å². The Morgan fingerprint density at radius 3 is 1.92 bits per heavy atom. The van der Waals surface area contributed by atoms with Crippen molar-refractivity contribution in [2.75, 3.05) is 19.6 Å². The number of carboxylic acids is 2. The van der Waals surface area contributed by atoms with Crippen molar-refractivity contribution in [2.45, 2.75) is 160 Å². The summed E-state index contributed by atoms with van der Waals surface area (Å²) >= 11 is 0. The summed E-state index contributed by atoms with van der Waals surface area (Å²) < 4.78 is 0. The molecule has 2 rings (SSSR count). The van der Waals surface area contributed by atoms with Gasteiger partial charge in [0.1, 0.15) is 29.4 Å². The first-order valence-corrected chi connectivity index (χ1v) is 22.0. The van der Waals surface area contributed by atoms with E-state index in [4.69, 9.17) is 10.8 Å². The highest BCUT2D eigenvalue weighted by Crippen LogP contribution is 2.23. The van der Waals surface area contributed by atoms with E-state index in [1.807, 2.05) is 24.3 Å². The number of carbonyl (C=O) groups is 8. The lowest BCUT2D eigenvalue weighted by Gasteiger charge is -2.22. The molecule has 0 unspecified atom stereocenters. The molecular formula is C45H70N6O10. The lowest BCUT2D eigenvalue weighted by Crippen LogP contribution is -2.52. The average molecular weight is 855 g/mol. The van der Waals surface area contributed by atoms with E-state index in [1.165, 1.54) is 32.1 Å². The zero-order chi connectivity index (χ0) is 45.0. The van der Waals surface area contributed by atoms with E-state index in [9.17, 15) is 43.5 Å². The molecule has 0 saturated carbocycles. The summed E-state index contributed by atoms with van der Waals surface area (Å²) in [6.07, 6.45) is 15.0. The molecular weight excluding hydrogens is 785 g/mol. The predicted molar refractivity (Wildman–Crippen MR) is 233 cm³/mol. The normalized spacial score (nSPS) is 13.2. The molecule has 0 aliphatic heterocycles. The number of carbonyl (C=O) groups excluding carboxylic acids is 6. The second kappa shape index (κ2) is 30.1. The molecule has 3 amide bonds. The number of amides is 3. The number of Topliss-reactive ketones (excluding diaryl/α,β-unsaturated/α-hetero) is 3. The number of aliphatic carboxylic acids is 2. The number of nitrogens with one attached hydrogen (secondary N) is 5. The number of aromatic nitrogens is 1. The molecule has 4 atom stereocenters. The van der Waals surface area contributed by atoms with E-state index in [1.54, 1.807) is 13.1 Å². The largest absolute Gasteiger partial charge is 0.481 e. The third-order valence-corrected chi connectivity index (χ3v) is 10.7. The van der Waals surface area contributed by atoms with Crippen LogP contribution in [0.2, 0.25) is 0 Å². The SMILES string of the molecule is CC(=O)CCCCCCCCCCCCC(=O)CCCNCC[C@H](N)C(=O)C[C@H](Cc1c[nH]c2ccccc12)C(=O)NCC[C@@H](NC(=O)[C@@H](CCC(=O)O)NC(C)=O)C(=O)O. The summed E-state index contributed by atoms with van der Waals surface area (Å²) in [7, 11) is 0. The van der Waals surface area contributed by atoms with Gasteiger partial charge in [-0.2, -0.15) is 0 Å². The molecule has 0 radical (unpaired) electrons. The molecule has 1 aromatic carbocycles. The van der Waals surface area contributed by atoms with E-state index in [2.05, 4.69) is 26.3 Å². The number of ketones is 3. The molecule has 340 valence electrons. The number of benzene rings is 1. The van der Waals surface area contributed by atoms with Gasteiger partial charge in [-0.25, -0.2) is 4.79 Å². The van der Waals surface area contributed by atoms with Gasteiger partial charge in [-0.05, 0) is 76.6 Å². The van der Waals surface area contributed by atoms with Crippen LogP contribution in [0.5, 0.6) is 0 Å². The van der Waals surface area contributed by atoms with Crippen molar-refractivity contribution in [3.63, 3.8) is 0 Å². The smallest absolute Gasteiger partial charge is 0.326 e. The highest BCUT2D eigenvalue weighted by Gasteiger charge is 2.29. The van der Waals surface area contributed by atoms with Crippen LogP contribution >= 0.6 is 0 Å². The van der Waals surface area contributed by atoms with Crippen molar-refractivity contribution < 1.29 is 48.6 Å². The highest BCUT2D eigenvalue weighted by molar-refractivity contribution is 5.92. The van der Waals surface area contributed by atoms with Crippen LogP contribution in [0.25, 0.3) is 10.9 Å². The summed E-state index contributed by atoms with van der Waals surface area (Å²) in [5, 5.41) is 30.3. The van der Waals surface area contributed by atoms with Crippen LogP contribution in [-0.2, 0) is 44.8 Å². The molecule has 0 fully saturated rings. The number of H-pyrrole nitrogens is 1. The van der Waals surface area contributed by atoms with Gasteiger partial charge in [0, 0.05) is 68.6 Å². The topological polar surface area (TPSA) is 267 Å². The lowest BCUT2D eigenvalue weighted by atomic mass is 9.90. The number of fused-ring (bicyclic) bond motifs is 1. The number of nitrogens with two attached hydrogens (primary N) is 1. The molecule has 1 heterocycles. The Labute approximate surface area is 359 Å². The van der Waals surface area contributed by atoms with Crippen LogP contribution in [-0.4, -0.2) is 100.0 Å². The average Bonchev–Trinajstić information content (AvgIpc) is 3.62. The number of hydrogen-bond donors (Lipinski definition) is 8. The number of aromatic amines is 1. The summed E-state index contributed by atoms with van der Waals surface area (Å²) in [6.45, 7) is 3.70. The van der Waals surface area contributed by atoms with Crippen molar-refractivity contribution in [3.05, 3.63) is 36.0 Å². The summed E-state index contributed by atoms with van der Waals surface area (Å²) in [4.78, 5) is 101. The summed E-state index contributed by atoms with van der Waals surface area (Å²) in [5.41, 5.74) is 7.96. The molecule has 0 saturated heterocycles. The van der Waals surface area contributed by atoms with Crippen LogP contribution in [0.3, 0.4) is 0 Å². The van der Waals surface area contributed by atoms with Gasteiger partial charge >= 0.3 is 11.9 Å². The van der Waals surface area contributed by atoms with Gasteiger partial charge in [0.25, 0.3) is 0 Å². The van der Waals surface area contributed by atoms with Crippen LogP contribution in [0.15, 0.2) is 30.5 Å². The van der Waals surface area contributed by atoms with Crippen LogP contribution in [0.4, 0.5) is 0 Å². The summed E-state index contributed by atoms with van der Waals surface area (Å²) in [5.74, 6) is -5.16. The number of rotatable bonds is 36. The molecule has 0 spiro atoms. The Balaban J connectivity index is 1.79. The first-order chi connectivity index (χ1) is 29.2. The maximum absolute atomic E-state index is 13.6. The van der Waals surface area contributed by atoms with E-state index in [0.717, 1.165) is 55.5 Å². The molecule has 16 nitrogen and oxygen atoms in total. The Hall–Kier alpha value is -4.96. The van der Waals surface area contributed by atoms with Crippen LogP contribution in [0, 0.1) is 5.92 Å². The van der Waals surface area contributed by atoms with E-state index >= 15 is 0 Å². The standard InChI is InChI=1S/C45H70N6O10/c1-31(52)16-11-9-7-5-3-4-6-8-10-12-17-35(54)18-15-25-47-26-23-37(46)41(55)29-33(28-34-30-49-38-20-14-13-19-36(34)38)43(58)48-27-24-40(45(60)61)51-44(59)39(50-32(2)53)21-22-42(56)57/h13-14,19-20,30,33,37,39-40,47,49H,3-12,15-18,21-29,46H2,1-2H3,(H,48,58)(H,50,53)(H,51,59)(H,56,57)(H,60,61)/t33-,37-,39+,40+/m0/s1. The fourth-order valence-electron chi connectivity index (χ4n) is 7.20. The van der Waals surface area contributed by atoms with Gasteiger partial charge in [-0.15, -0.1) is 0 Å². The maximum Gasteiger partial charge on any atom is 0.326 e. The molecule has 61 heavy (non-hydrogen) atoms. The van der Waals surface area contributed by atoms with Crippen molar-refractivity contribution in [2.24, 2.45) is 11.7 Å². The second-order valence-corrected chi connectivity index (χ2v) is 16.1. The van der Waals surface area contributed by atoms with Crippen molar-refractivity contribution in [1.82, 2.24) is 26.3 Å². The highest BCUT2D eigenvalue weighted by atomic mass is 16.4. The molecule has 0 aliphatic rings. The molecule has 0 bridgehead atoms. The minimum Gasteiger partial charge on any atom is -0.481 e. The van der Waals surface area contributed by atoms with E-state index in [0.29, 0.717) is 45.2 Å². The molecule has 1 aromatic heterocycles. The maximum atomic E-state index is 13.6. The van der Waals surface area contributed by atoms with Crippen molar-refractivity contribution >= 4 is 57.9 Å². The van der Waals surface area contributed by atoms with Gasteiger partial charge < -0.3 is 47.0 Å². The minimum atomic E-state index is -1.46. The predicted octanol–water partition coefficient (Wildman–Crippen LogP) is 4.66. The minimum absolute atomic E-state index is 0.161. The number of carboxylic acid groups (broad SMARTS) is 2. The Bertz CT molecular complexity index is 1710. The van der Waals surface area contributed by atoms with Gasteiger partial charge in [0.05, 0.1) is 6.04 Å². The monoisotopic (exact) mass is 855 g/mol. The van der Waals surface area contributed by atoms with Crippen LogP contribution < -0.4 is 27.0 Å². The van der Waals surface area contributed by atoms with Crippen molar-refractivity contribution in [3.8, 4) is 0 Å². The van der Waals surface area contributed by atoms with E-state index in [-0.39, 0.29) is 49.6 Å². The fraction of sp³-hybridized carbons (Fsp3) is 0.644. The van der Waals surface area contributed by atoms with Gasteiger partial charge in [-0.3, -0.25) is 28.8 Å². The fourth-order valence-corrected chi connectivity index (χ4v) is 7.20. The summed E-state index contributed by atoms with van der Waals surface area (Å²) in [6, 6.07) is 3.97. The van der Waals surface area contributed by atoms with Crippen molar-refractivity contribution in [1.29, 1.82) is 0 Å². The molecule has 16 heteroatoms. The number of hydrogen-bond acceptors (Lipinski definition) is 10. The zero-order valence-corrected chi connectivity index (χ0v) is 36.2. The van der Waals surface area contributed by atoms with Gasteiger partial charge in [0.2, 0.25) is 17.7 Å². The quantitative estimate of drug-likeness (QED) is 0.0435. The Morgan fingerprint density at radius 1 is 0.672 bits per heavy atom. The third kappa shape index (κ3) is 23.0. The number of para-hydroxylation sites is 1. The van der Waals surface area contributed by atoms with Gasteiger partial charge in [-0.1, -0.05) is 69.6 Å². The Morgan fingerprint density at radius 2 is 1.30 bits per heavy atom. The van der Waals surface area contributed by atoms with Crippen LogP contribution in [0.1, 0.15) is 141 Å². The molecule has 9 N–H and O–H groups in total. The zero-order valence-electron chi connectivity index (χ0n) is 36.2. The first kappa shape index (κ1) is 52.2. The number of unbranched alkanes of at least 4 members (excludes halogenated alkanes) is 9. The lowest BCUT2D eigenvalue weighted by molar-refractivity contribution is -0.143. The molecule has 0 aliphatic carbocycles. The van der Waals surface area contributed by atoms with Gasteiger partial charge in [0.15, 0.2) is 0 Å². The second-order valence-electron chi connectivity index (χ2n) is 16.1. The molecule has 2 aromatic rings. The third-order valence-electron chi connectivity index (χ3n) is 10.7. The first-order valence-electron chi connectivity index (χ1n) is 22.0.